The summed E-state index contributed by atoms with van der Waals surface area (Å²) in [6, 6.07) is 0. The number of hydrogen-bond acceptors (Lipinski definition) is 2. The molecule has 0 saturated carbocycles. The molecule has 0 N–H and O–H groups in total. The van der Waals surface area contributed by atoms with Crippen LogP contribution in [0.3, 0.4) is 0 Å². The second-order valence-corrected chi connectivity index (χ2v) is 3.45. The Hall–Kier alpha value is 0.608. The molecule has 0 aromatic heterocycles. The molecule has 3 heteroatoms. The Labute approximate surface area is 97.3 Å². The van der Waals surface area contributed by atoms with Crippen molar-refractivity contribution in [1.29, 1.82) is 0 Å². The third-order valence-corrected chi connectivity index (χ3v) is 1.42. The molecule has 1 aliphatic rings. The topological polar surface area (TPSA) is 12.5 Å². The van der Waals surface area contributed by atoms with E-state index in [4.69, 9.17) is 4.74 Å². The molecule has 1 fully saturated rings. The summed E-state index contributed by atoms with van der Waals surface area (Å²) in [5.41, 5.74) is 0. The smallest absolute Gasteiger partial charge is 0.379 e. The Bertz CT molecular complexity index is 90.2. The first-order valence-corrected chi connectivity index (χ1v) is 4.53. The Morgan fingerprint density at radius 2 is 1.62 bits per heavy atom. The molecular formula is C10H21NOW. The monoisotopic (exact) mass is 355 g/mol. The van der Waals surface area contributed by atoms with E-state index >= 15 is 0 Å². The normalized spacial score (nSPS) is 17.3. The SMILES string of the molecule is C[C-](C)C.[CH2-]CN1CCOCC1.[W+2]. The van der Waals surface area contributed by atoms with Gasteiger partial charge in [-0.3, -0.25) is 0 Å². The second-order valence-electron chi connectivity index (χ2n) is 3.45. The number of morpholine rings is 1. The van der Waals surface area contributed by atoms with Gasteiger partial charge in [0.1, 0.15) is 0 Å². The van der Waals surface area contributed by atoms with Crippen LogP contribution in [0.25, 0.3) is 0 Å². The van der Waals surface area contributed by atoms with Gasteiger partial charge in [-0.25, -0.2) is 0 Å². The number of rotatable bonds is 1. The van der Waals surface area contributed by atoms with Crippen LogP contribution in [0, 0.1) is 12.8 Å². The van der Waals surface area contributed by atoms with Gasteiger partial charge >= 0.3 is 21.1 Å². The van der Waals surface area contributed by atoms with E-state index in [0.717, 1.165) is 32.8 Å². The Morgan fingerprint density at radius 3 is 1.85 bits per heavy atom. The first-order chi connectivity index (χ1) is 5.66. The molecule has 0 bridgehead atoms. The van der Waals surface area contributed by atoms with Gasteiger partial charge in [0.15, 0.2) is 0 Å². The van der Waals surface area contributed by atoms with Crippen molar-refractivity contribution in [3.63, 3.8) is 0 Å². The van der Waals surface area contributed by atoms with E-state index < -0.39 is 0 Å². The summed E-state index contributed by atoms with van der Waals surface area (Å²) in [6.45, 7) is 14.8. The molecule has 0 spiro atoms. The molecule has 1 saturated heterocycles. The predicted molar refractivity (Wildman–Crippen MR) is 52.9 cm³/mol. The van der Waals surface area contributed by atoms with Crippen molar-refractivity contribution in [2.45, 2.75) is 20.8 Å². The van der Waals surface area contributed by atoms with Crippen LogP contribution in [-0.4, -0.2) is 37.7 Å². The van der Waals surface area contributed by atoms with Crippen LogP contribution >= 0.6 is 0 Å². The molecule has 1 aliphatic heterocycles. The van der Waals surface area contributed by atoms with E-state index in [-0.39, 0.29) is 21.1 Å². The van der Waals surface area contributed by atoms with Crippen LogP contribution in [0.1, 0.15) is 20.8 Å². The molecule has 0 aromatic carbocycles. The average Bonchev–Trinajstić information content (AvgIpc) is 2.05. The third kappa shape index (κ3) is 12.6. The number of ether oxygens (including phenoxy) is 1. The van der Waals surface area contributed by atoms with Gasteiger partial charge in [-0.2, -0.15) is 20.8 Å². The van der Waals surface area contributed by atoms with E-state index in [1.807, 2.05) is 0 Å². The minimum atomic E-state index is 0. The zero-order valence-electron chi connectivity index (χ0n) is 9.01. The summed E-state index contributed by atoms with van der Waals surface area (Å²) in [5, 5.41) is 0. The van der Waals surface area contributed by atoms with Gasteiger partial charge in [0.25, 0.3) is 0 Å². The molecule has 78 valence electrons. The minimum Gasteiger partial charge on any atom is -0.379 e. The molecule has 0 atom stereocenters. The summed E-state index contributed by atoms with van der Waals surface area (Å²) in [6.07, 6.45) is 0. The summed E-state index contributed by atoms with van der Waals surface area (Å²) in [4.78, 5) is 2.28. The van der Waals surface area contributed by atoms with Gasteiger partial charge in [-0.15, -0.1) is 6.54 Å². The molecule has 0 unspecified atom stereocenters. The van der Waals surface area contributed by atoms with E-state index in [0.29, 0.717) is 0 Å². The Kier molecular flexibility index (Phi) is 13.2. The summed E-state index contributed by atoms with van der Waals surface area (Å²) in [5.74, 6) is 1.42. The molecule has 0 aliphatic carbocycles. The standard InChI is InChI=1S/C6H12NO.C4H9.W/c1-2-7-3-5-8-6-4-7;1-4(2)3;/h1-6H2;1-3H3;/q2*-1;+2. The zero-order chi connectivity index (χ0) is 9.40. The van der Waals surface area contributed by atoms with Gasteiger partial charge in [-0.05, 0) is 0 Å². The van der Waals surface area contributed by atoms with Gasteiger partial charge < -0.3 is 22.5 Å². The van der Waals surface area contributed by atoms with Crippen LogP contribution < -0.4 is 0 Å². The maximum absolute atomic E-state index is 5.13. The molecule has 13 heavy (non-hydrogen) atoms. The van der Waals surface area contributed by atoms with E-state index in [2.05, 4.69) is 32.6 Å². The Balaban J connectivity index is 0. The summed E-state index contributed by atoms with van der Waals surface area (Å²) < 4.78 is 5.13. The van der Waals surface area contributed by atoms with Crippen molar-refractivity contribution in [3.05, 3.63) is 12.8 Å². The molecule has 1 rings (SSSR count). The van der Waals surface area contributed by atoms with Crippen molar-refractivity contribution in [2.24, 2.45) is 0 Å². The van der Waals surface area contributed by atoms with Gasteiger partial charge in [0, 0.05) is 13.1 Å². The van der Waals surface area contributed by atoms with Crippen LogP contribution in [-0.2, 0) is 25.8 Å². The fourth-order valence-corrected chi connectivity index (χ4v) is 0.825. The zero-order valence-corrected chi connectivity index (χ0v) is 11.9. The third-order valence-electron chi connectivity index (χ3n) is 1.42. The van der Waals surface area contributed by atoms with Gasteiger partial charge in [0.05, 0.1) is 13.2 Å². The predicted octanol–water partition coefficient (Wildman–Crippen LogP) is 1.77. The molecule has 1 heterocycles. The largest absolute Gasteiger partial charge is 2.00 e. The fourth-order valence-electron chi connectivity index (χ4n) is 0.825. The van der Waals surface area contributed by atoms with Crippen LogP contribution in [0.4, 0.5) is 0 Å². The van der Waals surface area contributed by atoms with Crippen molar-refractivity contribution in [3.8, 4) is 0 Å². The van der Waals surface area contributed by atoms with Gasteiger partial charge in [-0.1, -0.05) is 0 Å². The van der Waals surface area contributed by atoms with Crippen molar-refractivity contribution < 1.29 is 25.8 Å². The minimum absolute atomic E-state index is 0. The average molecular weight is 355 g/mol. The molecule has 2 nitrogen and oxygen atoms in total. The first kappa shape index (κ1) is 16.1. The van der Waals surface area contributed by atoms with E-state index in [1.54, 1.807) is 0 Å². The maximum atomic E-state index is 5.13. The summed E-state index contributed by atoms with van der Waals surface area (Å²) in [7, 11) is 0. The van der Waals surface area contributed by atoms with Crippen LogP contribution in [0.15, 0.2) is 0 Å². The van der Waals surface area contributed by atoms with Gasteiger partial charge in [0.2, 0.25) is 0 Å². The number of hydrogen-bond donors (Lipinski definition) is 0. The van der Waals surface area contributed by atoms with Crippen LogP contribution in [0.5, 0.6) is 0 Å². The molecule has 0 radical (unpaired) electrons. The first-order valence-electron chi connectivity index (χ1n) is 4.53. The van der Waals surface area contributed by atoms with E-state index in [9.17, 15) is 0 Å². The van der Waals surface area contributed by atoms with Crippen molar-refractivity contribution in [2.75, 3.05) is 32.8 Å². The molecule has 0 amide bonds. The van der Waals surface area contributed by atoms with Crippen molar-refractivity contribution in [1.82, 2.24) is 4.90 Å². The Morgan fingerprint density at radius 1 is 1.23 bits per heavy atom. The van der Waals surface area contributed by atoms with Crippen molar-refractivity contribution >= 4 is 0 Å². The maximum Gasteiger partial charge on any atom is 2.00 e. The quantitative estimate of drug-likeness (QED) is 0.665. The fraction of sp³-hybridized carbons (Fsp3) is 0.800. The number of nitrogens with zero attached hydrogens (tertiary/aromatic N) is 1. The van der Waals surface area contributed by atoms with E-state index in [1.165, 1.54) is 5.92 Å². The second kappa shape index (κ2) is 10.7. The summed E-state index contributed by atoms with van der Waals surface area (Å²) >= 11 is 0. The van der Waals surface area contributed by atoms with Crippen LogP contribution in [0.2, 0.25) is 0 Å². The molecular weight excluding hydrogens is 334 g/mol. The molecule has 0 aromatic rings.